The van der Waals surface area contributed by atoms with Crippen LogP contribution < -0.4 is 0 Å². The summed E-state index contributed by atoms with van der Waals surface area (Å²) in [6, 6.07) is 2.34. The normalized spacial score (nSPS) is 19.3. The Kier molecular flexibility index (Phi) is 2.94. The summed E-state index contributed by atoms with van der Waals surface area (Å²) in [7, 11) is 0. The van der Waals surface area contributed by atoms with Crippen molar-refractivity contribution in [3.8, 4) is 0 Å². The van der Waals surface area contributed by atoms with Gasteiger partial charge in [-0.1, -0.05) is 0 Å². The zero-order chi connectivity index (χ0) is 13.4. The SMILES string of the molecule is O=C(c1cc(F)cc2[nH]cnc12)N1CCC[C@@H]1CO. The van der Waals surface area contributed by atoms with Gasteiger partial charge in [0, 0.05) is 6.54 Å². The highest BCUT2D eigenvalue weighted by Gasteiger charge is 2.30. The van der Waals surface area contributed by atoms with Crippen LogP contribution in [0.1, 0.15) is 23.2 Å². The lowest BCUT2D eigenvalue weighted by Crippen LogP contribution is -2.37. The molecule has 19 heavy (non-hydrogen) atoms. The first-order valence-corrected chi connectivity index (χ1v) is 6.25. The number of aliphatic hydroxyl groups is 1. The van der Waals surface area contributed by atoms with Crippen molar-refractivity contribution >= 4 is 16.9 Å². The minimum absolute atomic E-state index is 0.0647. The summed E-state index contributed by atoms with van der Waals surface area (Å²) in [6.45, 7) is 0.525. The summed E-state index contributed by atoms with van der Waals surface area (Å²) in [5.41, 5.74) is 1.22. The first-order chi connectivity index (χ1) is 9.20. The third kappa shape index (κ3) is 1.98. The number of aromatic nitrogens is 2. The van der Waals surface area contributed by atoms with Crippen LogP contribution in [-0.2, 0) is 0 Å². The Morgan fingerprint density at radius 3 is 3.21 bits per heavy atom. The van der Waals surface area contributed by atoms with E-state index in [2.05, 4.69) is 9.97 Å². The molecule has 0 aliphatic carbocycles. The summed E-state index contributed by atoms with van der Waals surface area (Å²) in [4.78, 5) is 20.9. The second-order valence-corrected chi connectivity index (χ2v) is 4.73. The number of H-pyrrole nitrogens is 1. The molecule has 6 heteroatoms. The van der Waals surface area contributed by atoms with Crippen LogP contribution in [0.2, 0.25) is 0 Å². The van der Waals surface area contributed by atoms with Crippen LogP contribution in [0.25, 0.3) is 11.0 Å². The van der Waals surface area contributed by atoms with Gasteiger partial charge >= 0.3 is 0 Å². The number of hydrogen-bond donors (Lipinski definition) is 2. The first-order valence-electron chi connectivity index (χ1n) is 6.25. The van der Waals surface area contributed by atoms with Crippen molar-refractivity contribution in [2.24, 2.45) is 0 Å². The average molecular weight is 263 g/mol. The number of carbonyl (C=O) groups is 1. The van der Waals surface area contributed by atoms with Gasteiger partial charge in [-0.3, -0.25) is 4.79 Å². The van der Waals surface area contributed by atoms with E-state index in [4.69, 9.17) is 0 Å². The number of carbonyl (C=O) groups excluding carboxylic acids is 1. The number of amides is 1. The van der Waals surface area contributed by atoms with E-state index in [0.29, 0.717) is 17.6 Å². The van der Waals surface area contributed by atoms with Gasteiger partial charge < -0.3 is 15.0 Å². The number of fused-ring (bicyclic) bond motifs is 1. The highest BCUT2D eigenvalue weighted by molar-refractivity contribution is 6.05. The van der Waals surface area contributed by atoms with Gasteiger partial charge in [0.15, 0.2) is 0 Å². The number of benzene rings is 1. The molecule has 1 aromatic carbocycles. The molecule has 0 saturated carbocycles. The minimum atomic E-state index is -0.472. The highest BCUT2D eigenvalue weighted by atomic mass is 19.1. The molecular weight excluding hydrogens is 249 g/mol. The summed E-state index contributed by atoms with van der Waals surface area (Å²) >= 11 is 0. The second kappa shape index (κ2) is 4.62. The summed E-state index contributed by atoms with van der Waals surface area (Å²) in [5.74, 6) is -0.743. The van der Waals surface area contributed by atoms with Gasteiger partial charge in [-0.2, -0.15) is 0 Å². The third-order valence-electron chi connectivity index (χ3n) is 3.57. The van der Waals surface area contributed by atoms with Crippen molar-refractivity contribution in [1.82, 2.24) is 14.9 Å². The average Bonchev–Trinajstić information content (AvgIpc) is 3.04. The van der Waals surface area contributed by atoms with Gasteiger partial charge in [-0.05, 0) is 25.0 Å². The van der Waals surface area contributed by atoms with Crippen LogP contribution in [0.4, 0.5) is 4.39 Å². The Balaban J connectivity index is 2.03. The van der Waals surface area contributed by atoms with Crippen molar-refractivity contribution < 1.29 is 14.3 Å². The molecule has 1 fully saturated rings. The van der Waals surface area contributed by atoms with Crippen LogP contribution in [0.15, 0.2) is 18.5 Å². The van der Waals surface area contributed by atoms with E-state index in [1.54, 1.807) is 4.90 Å². The van der Waals surface area contributed by atoms with Gasteiger partial charge in [0.1, 0.15) is 11.3 Å². The maximum atomic E-state index is 13.5. The largest absolute Gasteiger partial charge is 0.394 e. The Hall–Kier alpha value is -1.95. The molecule has 0 bridgehead atoms. The molecular formula is C13H14FN3O2. The van der Waals surface area contributed by atoms with E-state index in [0.717, 1.165) is 12.8 Å². The molecule has 1 saturated heterocycles. The molecule has 1 atom stereocenters. The molecule has 2 aromatic rings. The van der Waals surface area contributed by atoms with Crippen molar-refractivity contribution in [2.45, 2.75) is 18.9 Å². The van der Waals surface area contributed by atoms with Gasteiger partial charge in [-0.15, -0.1) is 0 Å². The van der Waals surface area contributed by atoms with Crippen LogP contribution >= 0.6 is 0 Å². The van der Waals surface area contributed by atoms with Crippen LogP contribution in [0.3, 0.4) is 0 Å². The van der Waals surface area contributed by atoms with Crippen molar-refractivity contribution in [1.29, 1.82) is 0 Å². The molecule has 1 aliphatic heterocycles. The van der Waals surface area contributed by atoms with E-state index in [1.165, 1.54) is 18.5 Å². The number of aromatic amines is 1. The molecule has 2 N–H and O–H groups in total. The molecule has 2 heterocycles. The lowest BCUT2D eigenvalue weighted by molar-refractivity contribution is 0.0679. The summed E-state index contributed by atoms with van der Waals surface area (Å²) in [5, 5.41) is 9.27. The monoisotopic (exact) mass is 263 g/mol. The Morgan fingerprint density at radius 1 is 1.58 bits per heavy atom. The number of imidazole rings is 1. The molecule has 1 amide bonds. The fourth-order valence-electron chi connectivity index (χ4n) is 2.63. The predicted molar refractivity (Wildman–Crippen MR) is 67.2 cm³/mol. The van der Waals surface area contributed by atoms with Crippen molar-refractivity contribution in [2.75, 3.05) is 13.2 Å². The smallest absolute Gasteiger partial charge is 0.256 e. The number of hydrogen-bond acceptors (Lipinski definition) is 3. The third-order valence-corrected chi connectivity index (χ3v) is 3.57. The van der Waals surface area contributed by atoms with Gasteiger partial charge in [0.25, 0.3) is 5.91 Å². The number of likely N-dealkylation sites (tertiary alicyclic amines) is 1. The molecule has 0 spiro atoms. The van der Waals surface area contributed by atoms with Crippen molar-refractivity contribution in [3.05, 3.63) is 29.8 Å². The quantitative estimate of drug-likeness (QED) is 0.858. The molecule has 0 unspecified atom stereocenters. The Morgan fingerprint density at radius 2 is 2.42 bits per heavy atom. The molecule has 1 aromatic heterocycles. The fourth-order valence-corrected chi connectivity index (χ4v) is 2.63. The van der Waals surface area contributed by atoms with E-state index >= 15 is 0 Å². The van der Waals surface area contributed by atoms with Gasteiger partial charge in [0.2, 0.25) is 0 Å². The molecule has 100 valence electrons. The summed E-state index contributed by atoms with van der Waals surface area (Å²) < 4.78 is 13.5. The van der Waals surface area contributed by atoms with Crippen LogP contribution in [0.5, 0.6) is 0 Å². The van der Waals surface area contributed by atoms with E-state index in [9.17, 15) is 14.3 Å². The highest BCUT2D eigenvalue weighted by Crippen LogP contribution is 2.24. The maximum Gasteiger partial charge on any atom is 0.256 e. The second-order valence-electron chi connectivity index (χ2n) is 4.73. The number of nitrogens with zero attached hydrogens (tertiary/aromatic N) is 2. The Bertz CT molecular complexity index is 625. The van der Waals surface area contributed by atoms with Crippen molar-refractivity contribution in [3.63, 3.8) is 0 Å². The minimum Gasteiger partial charge on any atom is -0.394 e. The van der Waals surface area contributed by atoms with Crippen LogP contribution in [-0.4, -0.2) is 45.1 Å². The maximum absolute atomic E-state index is 13.5. The number of aliphatic hydroxyl groups excluding tert-OH is 1. The number of nitrogens with one attached hydrogen (secondary N) is 1. The van der Waals surface area contributed by atoms with E-state index in [-0.39, 0.29) is 24.1 Å². The van der Waals surface area contributed by atoms with E-state index < -0.39 is 5.82 Å². The molecule has 5 nitrogen and oxygen atoms in total. The Labute approximate surface area is 109 Å². The first kappa shape index (κ1) is 12.1. The molecule has 0 radical (unpaired) electrons. The number of halogens is 1. The standard InChI is InChI=1S/C13H14FN3O2/c14-8-4-10(12-11(5-8)15-7-16-12)13(19)17-3-1-2-9(17)6-18/h4-5,7,9,18H,1-3,6H2,(H,15,16)/t9-/m1/s1. The lowest BCUT2D eigenvalue weighted by atomic mass is 10.1. The zero-order valence-electron chi connectivity index (χ0n) is 10.3. The van der Waals surface area contributed by atoms with Gasteiger partial charge in [-0.25, -0.2) is 9.37 Å². The summed E-state index contributed by atoms with van der Waals surface area (Å²) in [6.07, 6.45) is 3.08. The lowest BCUT2D eigenvalue weighted by Gasteiger charge is -2.23. The van der Waals surface area contributed by atoms with Gasteiger partial charge in [0.05, 0.1) is 30.1 Å². The number of rotatable bonds is 2. The topological polar surface area (TPSA) is 69.2 Å². The predicted octanol–water partition coefficient (Wildman–Crippen LogP) is 1.30. The van der Waals surface area contributed by atoms with Crippen LogP contribution in [0, 0.1) is 5.82 Å². The van der Waals surface area contributed by atoms with E-state index in [1.807, 2.05) is 0 Å². The zero-order valence-corrected chi connectivity index (χ0v) is 10.3. The molecule has 3 rings (SSSR count). The fraction of sp³-hybridized carbons (Fsp3) is 0.385. The molecule has 1 aliphatic rings.